The molecule has 5 nitrogen and oxygen atoms in total. The molecule has 0 fully saturated rings. The van der Waals surface area contributed by atoms with Gasteiger partial charge in [-0.25, -0.2) is 0 Å². The average Bonchev–Trinajstić information content (AvgIpc) is 2.94. The summed E-state index contributed by atoms with van der Waals surface area (Å²) in [7, 11) is 0. The molecule has 1 heterocycles. The third-order valence-electron chi connectivity index (χ3n) is 4.90. The maximum Gasteiger partial charge on any atom is 0.250 e. The van der Waals surface area contributed by atoms with E-state index in [1.54, 1.807) is 17.0 Å². The van der Waals surface area contributed by atoms with Gasteiger partial charge in [0, 0.05) is 0 Å². The number of nitrogens with zero attached hydrogens (tertiary/aromatic N) is 1. The number of para-hydroxylation sites is 2. The van der Waals surface area contributed by atoms with Crippen LogP contribution in [0.2, 0.25) is 0 Å². The van der Waals surface area contributed by atoms with Gasteiger partial charge in [0.05, 0.1) is 17.9 Å². The zero-order chi connectivity index (χ0) is 20.2. The highest BCUT2D eigenvalue weighted by Gasteiger charge is 2.25. The van der Waals surface area contributed by atoms with Crippen molar-refractivity contribution in [2.45, 2.75) is 6.04 Å². The number of amides is 2. The Morgan fingerprint density at radius 2 is 1.31 bits per heavy atom. The fraction of sp³-hybridized carbons (Fsp3) is 0.0833. The molecular weight excluding hydrogens is 362 g/mol. The van der Waals surface area contributed by atoms with Gasteiger partial charge in [-0.05, 0) is 28.8 Å². The van der Waals surface area contributed by atoms with Gasteiger partial charge in [0.1, 0.15) is 6.04 Å². The first-order chi connectivity index (χ1) is 14.1. The number of anilines is 2. The molecule has 29 heavy (non-hydrogen) atoms. The van der Waals surface area contributed by atoms with Crippen LogP contribution in [0.5, 0.6) is 0 Å². The minimum Gasteiger partial charge on any atom is -0.345 e. The van der Waals surface area contributed by atoms with Crippen molar-refractivity contribution in [2.24, 2.45) is 5.73 Å². The van der Waals surface area contributed by atoms with Gasteiger partial charge in [0.25, 0.3) is 5.91 Å². The number of carbonyl (C=O) groups is 2. The lowest BCUT2D eigenvalue weighted by Crippen LogP contribution is -2.41. The fourth-order valence-corrected chi connectivity index (χ4v) is 3.41. The fourth-order valence-electron chi connectivity index (χ4n) is 3.41. The standard InChI is InChI=1S/C24H21N3O2/c25-23(19-10-2-1-3-11-19)24(29)26-16-22(28)27-20-12-6-4-8-17(20)14-15-18-9-5-7-13-21(18)27/h1-15,23H,16,25H2,(H,26,29)/t23-/m1/s1. The highest BCUT2D eigenvalue weighted by molar-refractivity contribution is 6.07. The van der Waals surface area contributed by atoms with Gasteiger partial charge in [0.15, 0.2) is 0 Å². The lowest BCUT2D eigenvalue weighted by molar-refractivity contribution is -0.125. The molecule has 0 aromatic heterocycles. The molecule has 1 aliphatic rings. The second-order valence-electron chi connectivity index (χ2n) is 6.79. The molecule has 0 bridgehead atoms. The van der Waals surface area contributed by atoms with Crippen molar-refractivity contribution in [3.63, 3.8) is 0 Å². The molecular formula is C24H21N3O2. The first-order valence-electron chi connectivity index (χ1n) is 9.42. The Kier molecular flexibility index (Phi) is 5.22. The molecule has 5 heteroatoms. The summed E-state index contributed by atoms with van der Waals surface area (Å²) in [6.45, 7) is -0.151. The van der Waals surface area contributed by atoms with Gasteiger partial charge in [-0.1, -0.05) is 78.9 Å². The van der Waals surface area contributed by atoms with Gasteiger partial charge < -0.3 is 11.1 Å². The van der Waals surface area contributed by atoms with Crippen molar-refractivity contribution in [2.75, 3.05) is 11.4 Å². The van der Waals surface area contributed by atoms with E-state index >= 15 is 0 Å². The Morgan fingerprint density at radius 3 is 1.90 bits per heavy atom. The van der Waals surface area contributed by atoms with E-state index in [4.69, 9.17) is 5.73 Å². The van der Waals surface area contributed by atoms with Gasteiger partial charge in [-0.2, -0.15) is 0 Å². The van der Waals surface area contributed by atoms with Gasteiger partial charge in [-0.15, -0.1) is 0 Å². The largest absolute Gasteiger partial charge is 0.345 e. The molecule has 1 atom stereocenters. The van der Waals surface area contributed by atoms with Gasteiger partial charge in [0.2, 0.25) is 5.91 Å². The average molecular weight is 383 g/mol. The molecule has 0 saturated carbocycles. The van der Waals surface area contributed by atoms with Crippen molar-refractivity contribution < 1.29 is 9.59 Å². The molecule has 2 amide bonds. The summed E-state index contributed by atoms with van der Waals surface area (Å²) in [4.78, 5) is 27.3. The van der Waals surface area contributed by atoms with E-state index in [0.29, 0.717) is 5.56 Å². The molecule has 1 aliphatic heterocycles. The van der Waals surface area contributed by atoms with Crippen LogP contribution in [0.4, 0.5) is 11.4 Å². The number of hydrogen-bond acceptors (Lipinski definition) is 3. The smallest absolute Gasteiger partial charge is 0.250 e. The molecule has 0 unspecified atom stereocenters. The minimum atomic E-state index is -0.825. The monoisotopic (exact) mass is 383 g/mol. The summed E-state index contributed by atoms with van der Waals surface area (Å²) in [5.74, 6) is -0.624. The third-order valence-corrected chi connectivity index (χ3v) is 4.90. The summed E-state index contributed by atoms with van der Waals surface area (Å²) in [5.41, 5.74) is 10.2. The lowest BCUT2D eigenvalue weighted by atomic mass is 10.1. The van der Waals surface area contributed by atoms with Crippen LogP contribution in [-0.2, 0) is 9.59 Å². The number of rotatable bonds is 4. The first-order valence-corrected chi connectivity index (χ1v) is 9.42. The molecule has 0 radical (unpaired) electrons. The number of fused-ring (bicyclic) bond motifs is 2. The maximum atomic E-state index is 13.2. The highest BCUT2D eigenvalue weighted by Crippen LogP contribution is 2.36. The van der Waals surface area contributed by atoms with E-state index in [1.165, 1.54) is 0 Å². The van der Waals surface area contributed by atoms with Crippen molar-refractivity contribution in [3.8, 4) is 0 Å². The normalized spacial score (nSPS) is 13.1. The molecule has 0 saturated heterocycles. The number of carbonyl (C=O) groups excluding carboxylic acids is 2. The molecule has 3 aromatic rings. The molecule has 3 N–H and O–H groups in total. The van der Waals surface area contributed by atoms with Crippen LogP contribution in [0.3, 0.4) is 0 Å². The molecule has 4 rings (SSSR count). The summed E-state index contributed by atoms with van der Waals surface area (Å²) >= 11 is 0. The van der Waals surface area contributed by atoms with E-state index in [-0.39, 0.29) is 18.4 Å². The quantitative estimate of drug-likeness (QED) is 0.722. The molecule has 0 aliphatic carbocycles. The number of nitrogens with two attached hydrogens (primary N) is 1. The first kappa shape index (κ1) is 18.7. The summed E-state index contributed by atoms with van der Waals surface area (Å²) in [5, 5.41) is 2.68. The topological polar surface area (TPSA) is 75.4 Å². The van der Waals surface area contributed by atoms with Gasteiger partial charge >= 0.3 is 0 Å². The highest BCUT2D eigenvalue weighted by atomic mass is 16.2. The van der Waals surface area contributed by atoms with E-state index in [9.17, 15) is 9.59 Å². The van der Waals surface area contributed by atoms with Crippen LogP contribution in [-0.4, -0.2) is 18.4 Å². The number of nitrogens with one attached hydrogen (secondary N) is 1. The van der Waals surface area contributed by atoms with Crippen LogP contribution < -0.4 is 16.0 Å². The van der Waals surface area contributed by atoms with Crippen molar-refractivity contribution in [1.82, 2.24) is 5.32 Å². The van der Waals surface area contributed by atoms with Crippen LogP contribution >= 0.6 is 0 Å². The summed E-state index contributed by atoms with van der Waals surface area (Å²) in [6.07, 6.45) is 3.98. The third kappa shape index (κ3) is 3.81. The van der Waals surface area contributed by atoms with Crippen LogP contribution in [0, 0.1) is 0 Å². The van der Waals surface area contributed by atoms with E-state index in [2.05, 4.69) is 5.32 Å². The maximum absolute atomic E-state index is 13.2. The van der Waals surface area contributed by atoms with Crippen molar-refractivity contribution in [1.29, 1.82) is 0 Å². The van der Waals surface area contributed by atoms with E-state index in [1.807, 2.05) is 78.9 Å². The molecule has 144 valence electrons. The zero-order valence-corrected chi connectivity index (χ0v) is 15.8. The van der Waals surface area contributed by atoms with E-state index in [0.717, 1.165) is 22.5 Å². The second kappa shape index (κ2) is 8.12. The minimum absolute atomic E-state index is 0.151. The van der Waals surface area contributed by atoms with Crippen molar-refractivity contribution in [3.05, 3.63) is 95.6 Å². The Labute approximate surface area is 169 Å². The summed E-state index contributed by atoms with van der Waals surface area (Å²) in [6, 6.07) is 23.6. The summed E-state index contributed by atoms with van der Waals surface area (Å²) < 4.78 is 0. The second-order valence-corrected chi connectivity index (χ2v) is 6.79. The number of benzene rings is 3. The predicted octanol–water partition coefficient (Wildman–Crippen LogP) is 3.65. The molecule has 0 spiro atoms. The van der Waals surface area contributed by atoms with Crippen molar-refractivity contribution >= 4 is 35.3 Å². The lowest BCUT2D eigenvalue weighted by Gasteiger charge is -2.25. The van der Waals surface area contributed by atoms with E-state index < -0.39 is 6.04 Å². The van der Waals surface area contributed by atoms with Crippen LogP contribution in [0.15, 0.2) is 78.9 Å². The Bertz CT molecular complexity index is 1030. The Hall–Kier alpha value is -3.70. The number of hydrogen-bond donors (Lipinski definition) is 2. The van der Waals surface area contributed by atoms with Gasteiger partial charge in [-0.3, -0.25) is 14.5 Å². The van der Waals surface area contributed by atoms with Crippen LogP contribution in [0.25, 0.3) is 12.2 Å². The Morgan fingerprint density at radius 1 is 0.793 bits per heavy atom. The van der Waals surface area contributed by atoms with Crippen LogP contribution in [0.1, 0.15) is 22.7 Å². The molecule has 3 aromatic carbocycles. The Balaban J connectivity index is 1.57. The predicted molar refractivity (Wildman–Crippen MR) is 115 cm³/mol. The zero-order valence-electron chi connectivity index (χ0n) is 15.8. The SMILES string of the molecule is N[C@@H](C(=O)NCC(=O)N1c2ccccc2C=Cc2ccccc21)c1ccccc1.